The molecule has 100 valence electrons. The molecule has 3 nitrogen and oxygen atoms in total. The summed E-state index contributed by atoms with van der Waals surface area (Å²) in [4.78, 5) is 12.8. The van der Waals surface area contributed by atoms with Gasteiger partial charge >= 0.3 is 0 Å². The molecule has 0 unspecified atom stereocenters. The zero-order valence-corrected chi connectivity index (χ0v) is 10.6. The van der Waals surface area contributed by atoms with E-state index < -0.39 is 18.9 Å². The minimum Gasteiger partial charge on any atom is -0.385 e. The van der Waals surface area contributed by atoms with Gasteiger partial charge in [-0.2, -0.15) is 0 Å². The van der Waals surface area contributed by atoms with Crippen LogP contribution in [0.1, 0.15) is 23.7 Å². The molecule has 0 aromatic heterocycles. The Morgan fingerprint density at radius 3 is 2.44 bits per heavy atom. The monoisotopic (exact) mass is 256 g/mol. The first-order valence-electron chi connectivity index (χ1n) is 5.92. The molecule has 1 aromatic carbocycles. The van der Waals surface area contributed by atoms with Gasteiger partial charge < -0.3 is 10.2 Å². The third-order valence-electron chi connectivity index (χ3n) is 2.47. The van der Waals surface area contributed by atoms with Crippen LogP contribution in [-0.4, -0.2) is 37.4 Å². The molecule has 0 aliphatic carbocycles. The van der Waals surface area contributed by atoms with Gasteiger partial charge in [0.2, 0.25) is 0 Å². The van der Waals surface area contributed by atoms with Crippen LogP contribution >= 0.6 is 0 Å². The third-order valence-corrected chi connectivity index (χ3v) is 2.47. The fourth-order valence-corrected chi connectivity index (χ4v) is 1.51. The second-order valence-corrected chi connectivity index (χ2v) is 4.08. The van der Waals surface area contributed by atoms with Crippen LogP contribution in [-0.2, 0) is 0 Å². The standard InChI is InChI=1S/C13H18F2N2O/c1-3-8-16-11-6-4-10(5-7-11)13(18)17(2)9-12(14)15/h4-7,12,16H,3,8-9H2,1-2H3. The fraction of sp³-hybridized carbons (Fsp3) is 0.462. The number of amides is 1. The summed E-state index contributed by atoms with van der Waals surface area (Å²) in [6.45, 7) is 2.37. The number of rotatable bonds is 6. The van der Waals surface area contributed by atoms with Gasteiger partial charge in [0.05, 0.1) is 6.54 Å². The minimum absolute atomic E-state index is 0.391. The number of anilines is 1. The SMILES string of the molecule is CCCNc1ccc(C(=O)N(C)CC(F)F)cc1. The predicted octanol–water partition coefficient (Wildman–Crippen LogP) is 2.85. The number of nitrogens with one attached hydrogen (secondary N) is 1. The molecule has 0 aliphatic heterocycles. The molecule has 1 aromatic rings. The van der Waals surface area contributed by atoms with E-state index in [2.05, 4.69) is 12.2 Å². The smallest absolute Gasteiger partial charge is 0.255 e. The van der Waals surface area contributed by atoms with E-state index in [1.165, 1.54) is 7.05 Å². The van der Waals surface area contributed by atoms with Crippen molar-refractivity contribution in [3.63, 3.8) is 0 Å². The number of benzene rings is 1. The van der Waals surface area contributed by atoms with Crippen LogP contribution in [0.4, 0.5) is 14.5 Å². The van der Waals surface area contributed by atoms with Crippen molar-refractivity contribution in [2.75, 3.05) is 25.5 Å². The molecule has 1 amide bonds. The van der Waals surface area contributed by atoms with Gasteiger partial charge in [-0.15, -0.1) is 0 Å². The summed E-state index contributed by atoms with van der Waals surface area (Å²) in [6.07, 6.45) is -1.50. The van der Waals surface area contributed by atoms with Crippen molar-refractivity contribution in [3.8, 4) is 0 Å². The van der Waals surface area contributed by atoms with Gasteiger partial charge in [0.25, 0.3) is 12.3 Å². The summed E-state index contributed by atoms with van der Waals surface area (Å²) in [5.41, 5.74) is 1.34. The molecule has 0 bridgehead atoms. The van der Waals surface area contributed by atoms with Crippen LogP contribution in [0.3, 0.4) is 0 Å². The largest absolute Gasteiger partial charge is 0.385 e. The van der Waals surface area contributed by atoms with Crippen molar-refractivity contribution in [2.45, 2.75) is 19.8 Å². The molecule has 0 saturated heterocycles. The maximum Gasteiger partial charge on any atom is 0.255 e. The van der Waals surface area contributed by atoms with Crippen LogP contribution in [0, 0.1) is 0 Å². The van der Waals surface area contributed by atoms with E-state index in [4.69, 9.17) is 0 Å². The van der Waals surface area contributed by atoms with E-state index in [9.17, 15) is 13.6 Å². The number of alkyl halides is 2. The lowest BCUT2D eigenvalue weighted by molar-refractivity contribution is 0.0620. The zero-order chi connectivity index (χ0) is 13.5. The predicted molar refractivity (Wildman–Crippen MR) is 68.2 cm³/mol. The average molecular weight is 256 g/mol. The van der Waals surface area contributed by atoms with Crippen LogP contribution in [0.2, 0.25) is 0 Å². The van der Waals surface area contributed by atoms with Crippen molar-refractivity contribution in [1.29, 1.82) is 0 Å². The normalized spacial score (nSPS) is 10.5. The highest BCUT2D eigenvalue weighted by Crippen LogP contribution is 2.11. The summed E-state index contributed by atoms with van der Waals surface area (Å²) in [7, 11) is 1.37. The Morgan fingerprint density at radius 2 is 1.94 bits per heavy atom. The number of carbonyl (C=O) groups excluding carboxylic acids is 1. The topological polar surface area (TPSA) is 32.3 Å². The summed E-state index contributed by atoms with van der Waals surface area (Å²) in [5, 5.41) is 3.18. The first-order valence-corrected chi connectivity index (χ1v) is 5.92. The highest BCUT2D eigenvalue weighted by Gasteiger charge is 2.15. The number of hydrogen-bond acceptors (Lipinski definition) is 2. The molecular formula is C13H18F2N2O. The highest BCUT2D eigenvalue weighted by molar-refractivity contribution is 5.94. The molecule has 0 fully saturated rings. The summed E-state index contributed by atoms with van der Waals surface area (Å²) in [6, 6.07) is 6.84. The maximum absolute atomic E-state index is 12.2. The second-order valence-electron chi connectivity index (χ2n) is 4.08. The number of halogens is 2. The summed E-state index contributed by atoms with van der Waals surface area (Å²) >= 11 is 0. The first-order chi connectivity index (χ1) is 8.54. The highest BCUT2D eigenvalue weighted by atomic mass is 19.3. The number of hydrogen-bond donors (Lipinski definition) is 1. The summed E-state index contributed by atoms with van der Waals surface area (Å²) in [5.74, 6) is -0.391. The molecule has 1 N–H and O–H groups in total. The molecule has 0 aliphatic rings. The lowest BCUT2D eigenvalue weighted by Crippen LogP contribution is -2.31. The number of carbonyl (C=O) groups is 1. The van der Waals surface area contributed by atoms with E-state index >= 15 is 0 Å². The number of nitrogens with zero attached hydrogens (tertiary/aromatic N) is 1. The Kier molecular flexibility index (Phi) is 5.55. The van der Waals surface area contributed by atoms with Crippen molar-refractivity contribution >= 4 is 11.6 Å². The van der Waals surface area contributed by atoms with Gasteiger partial charge in [-0.3, -0.25) is 4.79 Å². The van der Waals surface area contributed by atoms with Gasteiger partial charge in [-0.25, -0.2) is 8.78 Å². The van der Waals surface area contributed by atoms with Gasteiger partial charge in [0, 0.05) is 24.8 Å². The minimum atomic E-state index is -2.51. The van der Waals surface area contributed by atoms with Crippen molar-refractivity contribution in [3.05, 3.63) is 29.8 Å². The van der Waals surface area contributed by atoms with Gasteiger partial charge in [-0.1, -0.05) is 6.92 Å². The quantitative estimate of drug-likeness (QED) is 0.848. The van der Waals surface area contributed by atoms with Gasteiger partial charge in [0.15, 0.2) is 0 Å². The molecule has 0 atom stereocenters. The van der Waals surface area contributed by atoms with Crippen molar-refractivity contribution in [2.24, 2.45) is 0 Å². The molecule has 18 heavy (non-hydrogen) atoms. The van der Waals surface area contributed by atoms with Gasteiger partial charge in [-0.05, 0) is 30.7 Å². The lowest BCUT2D eigenvalue weighted by Gasteiger charge is -2.16. The van der Waals surface area contributed by atoms with E-state index in [0.717, 1.165) is 23.6 Å². The Balaban J connectivity index is 2.63. The van der Waals surface area contributed by atoms with Crippen molar-refractivity contribution < 1.29 is 13.6 Å². The Hall–Kier alpha value is -1.65. The molecule has 0 spiro atoms. The van der Waals surface area contributed by atoms with E-state index in [0.29, 0.717) is 5.56 Å². The summed E-state index contributed by atoms with van der Waals surface area (Å²) < 4.78 is 24.3. The van der Waals surface area contributed by atoms with Crippen LogP contribution in [0.5, 0.6) is 0 Å². The Labute approximate surface area is 106 Å². The third kappa shape index (κ3) is 4.31. The fourth-order valence-electron chi connectivity index (χ4n) is 1.51. The van der Waals surface area contributed by atoms with Gasteiger partial charge in [0.1, 0.15) is 0 Å². The Bertz CT molecular complexity index is 379. The van der Waals surface area contributed by atoms with E-state index in [-0.39, 0.29) is 0 Å². The van der Waals surface area contributed by atoms with E-state index in [1.54, 1.807) is 24.3 Å². The van der Waals surface area contributed by atoms with Crippen molar-refractivity contribution in [1.82, 2.24) is 4.90 Å². The molecular weight excluding hydrogens is 238 g/mol. The lowest BCUT2D eigenvalue weighted by atomic mass is 10.2. The van der Waals surface area contributed by atoms with Crippen LogP contribution in [0.25, 0.3) is 0 Å². The average Bonchev–Trinajstić information content (AvgIpc) is 2.35. The van der Waals surface area contributed by atoms with Crippen LogP contribution < -0.4 is 5.32 Å². The van der Waals surface area contributed by atoms with E-state index in [1.807, 2.05) is 0 Å². The second kappa shape index (κ2) is 6.93. The zero-order valence-electron chi connectivity index (χ0n) is 10.6. The Morgan fingerprint density at radius 1 is 1.33 bits per heavy atom. The van der Waals surface area contributed by atoms with Crippen LogP contribution in [0.15, 0.2) is 24.3 Å². The first kappa shape index (κ1) is 14.4. The molecule has 5 heteroatoms. The molecule has 0 heterocycles. The maximum atomic E-state index is 12.2. The molecule has 0 radical (unpaired) electrons. The molecule has 0 saturated carbocycles. The molecule has 1 rings (SSSR count).